The SMILES string of the molecule is Nc1cc(Br)ccc1OCOCc1ccccc1. The average Bonchev–Trinajstić information content (AvgIpc) is 2.38. The molecule has 2 aromatic carbocycles. The van der Waals surface area contributed by atoms with Crippen LogP contribution in [0.3, 0.4) is 0 Å². The molecule has 2 N–H and O–H groups in total. The van der Waals surface area contributed by atoms with Crippen molar-refractivity contribution >= 4 is 21.6 Å². The molecule has 18 heavy (non-hydrogen) atoms. The van der Waals surface area contributed by atoms with E-state index in [0.29, 0.717) is 18.0 Å². The lowest BCUT2D eigenvalue weighted by molar-refractivity contribution is 0.00546. The highest BCUT2D eigenvalue weighted by Crippen LogP contribution is 2.25. The summed E-state index contributed by atoms with van der Waals surface area (Å²) in [6.45, 7) is 0.706. The van der Waals surface area contributed by atoms with E-state index >= 15 is 0 Å². The van der Waals surface area contributed by atoms with Crippen LogP contribution in [0.25, 0.3) is 0 Å². The molecule has 0 unspecified atom stereocenters. The molecule has 4 heteroatoms. The normalized spacial score (nSPS) is 10.3. The van der Waals surface area contributed by atoms with Gasteiger partial charge in [-0.15, -0.1) is 0 Å². The average molecular weight is 308 g/mol. The van der Waals surface area contributed by atoms with Crippen LogP contribution < -0.4 is 10.5 Å². The van der Waals surface area contributed by atoms with Gasteiger partial charge in [-0.25, -0.2) is 0 Å². The first-order chi connectivity index (χ1) is 8.75. The number of hydrogen-bond acceptors (Lipinski definition) is 3. The number of nitrogens with two attached hydrogens (primary N) is 1. The van der Waals surface area contributed by atoms with Crippen molar-refractivity contribution in [1.82, 2.24) is 0 Å². The highest BCUT2D eigenvalue weighted by Gasteiger charge is 2.00. The van der Waals surface area contributed by atoms with E-state index in [9.17, 15) is 0 Å². The Bertz CT molecular complexity index is 502. The summed E-state index contributed by atoms with van der Waals surface area (Å²) < 4.78 is 11.8. The summed E-state index contributed by atoms with van der Waals surface area (Å²) in [7, 11) is 0. The maximum absolute atomic E-state index is 5.80. The molecule has 0 radical (unpaired) electrons. The van der Waals surface area contributed by atoms with E-state index in [1.165, 1.54) is 0 Å². The molecule has 0 aromatic heterocycles. The van der Waals surface area contributed by atoms with Gasteiger partial charge in [0, 0.05) is 4.47 Å². The molecule has 0 aliphatic rings. The molecule has 2 rings (SSSR count). The molecule has 0 saturated carbocycles. The monoisotopic (exact) mass is 307 g/mol. The summed E-state index contributed by atoms with van der Waals surface area (Å²) in [5.74, 6) is 0.631. The lowest BCUT2D eigenvalue weighted by atomic mass is 10.2. The minimum absolute atomic E-state index is 0.181. The van der Waals surface area contributed by atoms with Crippen molar-refractivity contribution in [1.29, 1.82) is 0 Å². The molecule has 0 aliphatic heterocycles. The highest BCUT2D eigenvalue weighted by molar-refractivity contribution is 9.10. The maximum Gasteiger partial charge on any atom is 0.189 e. The molecular formula is C14H14BrNO2. The van der Waals surface area contributed by atoms with Crippen molar-refractivity contribution in [2.24, 2.45) is 0 Å². The van der Waals surface area contributed by atoms with Crippen LogP contribution in [-0.2, 0) is 11.3 Å². The van der Waals surface area contributed by atoms with E-state index < -0.39 is 0 Å². The molecule has 3 nitrogen and oxygen atoms in total. The highest BCUT2D eigenvalue weighted by atomic mass is 79.9. The van der Waals surface area contributed by atoms with Crippen LogP contribution in [0.5, 0.6) is 5.75 Å². The second-order valence-electron chi connectivity index (χ2n) is 3.78. The van der Waals surface area contributed by atoms with Crippen LogP contribution in [-0.4, -0.2) is 6.79 Å². The summed E-state index contributed by atoms with van der Waals surface area (Å²) in [6.07, 6.45) is 0. The molecule has 2 aromatic rings. The first kappa shape index (κ1) is 12.9. The predicted octanol–water partition coefficient (Wildman–Crippen LogP) is 3.58. The molecule has 0 spiro atoms. The maximum atomic E-state index is 5.80. The van der Waals surface area contributed by atoms with Gasteiger partial charge < -0.3 is 15.2 Å². The van der Waals surface area contributed by atoms with E-state index in [0.717, 1.165) is 10.0 Å². The second-order valence-corrected chi connectivity index (χ2v) is 4.69. The summed E-state index contributed by atoms with van der Waals surface area (Å²) in [5.41, 5.74) is 7.51. The fraction of sp³-hybridized carbons (Fsp3) is 0.143. The molecule has 0 bridgehead atoms. The lowest BCUT2D eigenvalue weighted by Gasteiger charge is -2.09. The molecule has 0 heterocycles. The van der Waals surface area contributed by atoms with Gasteiger partial charge in [0.25, 0.3) is 0 Å². The first-order valence-corrected chi connectivity index (χ1v) is 6.34. The summed E-state index contributed by atoms with van der Waals surface area (Å²) in [4.78, 5) is 0. The zero-order valence-corrected chi connectivity index (χ0v) is 11.4. The van der Waals surface area contributed by atoms with Crippen molar-refractivity contribution in [2.45, 2.75) is 6.61 Å². The second kappa shape index (κ2) is 6.42. The molecule has 0 amide bonds. The molecule has 0 saturated heterocycles. The van der Waals surface area contributed by atoms with Gasteiger partial charge in [-0.1, -0.05) is 46.3 Å². The summed E-state index contributed by atoms with van der Waals surface area (Å²) in [5, 5.41) is 0. The van der Waals surface area contributed by atoms with Crippen LogP contribution in [0.2, 0.25) is 0 Å². The number of rotatable bonds is 5. The van der Waals surface area contributed by atoms with Crippen LogP contribution in [0.4, 0.5) is 5.69 Å². The summed E-state index contributed by atoms with van der Waals surface area (Å²) >= 11 is 3.34. The van der Waals surface area contributed by atoms with Gasteiger partial charge in [-0.3, -0.25) is 0 Å². The van der Waals surface area contributed by atoms with Gasteiger partial charge in [-0.2, -0.15) is 0 Å². The van der Waals surface area contributed by atoms with E-state index in [2.05, 4.69) is 15.9 Å². The van der Waals surface area contributed by atoms with Crippen LogP contribution in [0.15, 0.2) is 53.0 Å². The number of nitrogen functional groups attached to an aromatic ring is 1. The number of halogens is 1. The Labute approximate surface area is 115 Å². The topological polar surface area (TPSA) is 44.5 Å². The molecular weight excluding hydrogens is 294 g/mol. The quantitative estimate of drug-likeness (QED) is 0.521. The largest absolute Gasteiger partial charge is 0.465 e. The van der Waals surface area contributed by atoms with Crippen molar-refractivity contribution in [2.75, 3.05) is 12.5 Å². The number of hydrogen-bond donors (Lipinski definition) is 1. The van der Waals surface area contributed by atoms with Gasteiger partial charge in [0.15, 0.2) is 6.79 Å². The van der Waals surface area contributed by atoms with Crippen LogP contribution in [0.1, 0.15) is 5.56 Å². The predicted molar refractivity (Wildman–Crippen MR) is 75.3 cm³/mol. The Balaban J connectivity index is 1.79. The van der Waals surface area contributed by atoms with Gasteiger partial charge in [0.05, 0.1) is 12.3 Å². The zero-order valence-electron chi connectivity index (χ0n) is 9.80. The summed E-state index contributed by atoms with van der Waals surface area (Å²) in [6, 6.07) is 15.4. The van der Waals surface area contributed by atoms with Crippen molar-refractivity contribution in [3.8, 4) is 5.75 Å². The Morgan fingerprint density at radius 2 is 1.83 bits per heavy atom. The number of ether oxygens (including phenoxy) is 2. The van der Waals surface area contributed by atoms with Crippen LogP contribution >= 0.6 is 15.9 Å². The first-order valence-electron chi connectivity index (χ1n) is 5.55. The fourth-order valence-corrected chi connectivity index (χ4v) is 1.87. The number of benzene rings is 2. The van der Waals surface area contributed by atoms with E-state index in [1.54, 1.807) is 6.07 Å². The lowest BCUT2D eigenvalue weighted by Crippen LogP contribution is -2.04. The Morgan fingerprint density at radius 3 is 2.56 bits per heavy atom. The van der Waals surface area contributed by atoms with E-state index in [4.69, 9.17) is 15.2 Å². The Morgan fingerprint density at radius 1 is 1.06 bits per heavy atom. The fourth-order valence-electron chi connectivity index (χ4n) is 1.49. The molecule has 0 aliphatic carbocycles. The number of anilines is 1. The molecule has 94 valence electrons. The van der Waals surface area contributed by atoms with Crippen molar-refractivity contribution in [3.63, 3.8) is 0 Å². The van der Waals surface area contributed by atoms with E-state index in [1.807, 2.05) is 42.5 Å². The Kier molecular flexibility index (Phi) is 4.61. The Hall–Kier alpha value is -1.52. The molecule has 0 atom stereocenters. The van der Waals surface area contributed by atoms with Gasteiger partial charge in [0.1, 0.15) is 5.75 Å². The third kappa shape index (κ3) is 3.75. The molecule has 0 fully saturated rings. The van der Waals surface area contributed by atoms with Gasteiger partial charge in [-0.05, 0) is 23.8 Å². The minimum atomic E-state index is 0.181. The van der Waals surface area contributed by atoms with Crippen molar-refractivity contribution in [3.05, 3.63) is 58.6 Å². The zero-order chi connectivity index (χ0) is 12.8. The van der Waals surface area contributed by atoms with Crippen molar-refractivity contribution < 1.29 is 9.47 Å². The van der Waals surface area contributed by atoms with Crippen LogP contribution in [0, 0.1) is 0 Å². The standard InChI is InChI=1S/C14H14BrNO2/c15-12-6-7-14(13(16)8-12)18-10-17-9-11-4-2-1-3-5-11/h1-8H,9-10,16H2. The van der Waals surface area contributed by atoms with Gasteiger partial charge >= 0.3 is 0 Å². The minimum Gasteiger partial charge on any atom is -0.465 e. The third-order valence-electron chi connectivity index (χ3n) is 2.38. The van der Waals surface area contributed by atoms with Gasteiger partial charge in [0.2, 0.25) is 0 Å². The smallest absolute Gasteiger partial charge is 0.189 e. The third-order valence-corrected chi connectivity index (χ3v) is 2.87. The van der Waals surface area contributed by atoms with E-state index in [-0.39, 0.29) is 6.79 Å².